The molecule has 0 aromatic heterocycles. The maximum Gasteiger partial charge on any atom is 0.163 e. The van der Waals surface area contributed by atoms with Gasteiger partial charge in [-0.1, -0.05) is 12.1 Å². The molecule has 1 aromatic rings. The predicted molar refractivity (Wildman–Crippen MR) is 65.1 cm³/mol. The molecule has 1 nitrogen and oxygen atoms in total. The lowest BCUT2D eigenvalue weighted by Gasteiger charge is -2.31. The number of benzene rings is 1. The molecule has 0 N–H and O–H groups in total. The van der Waals surface area contributed by atoms with Crippen LogP contribution in [0.4, 0.5) is 8.78 Å². The first-order valence-electron chi connectivity index (χ1n) is 5.92. The third kappa shape index (κ3) is 3.17. The van der Waals surface area contributed by atoms with Crippen molar-refractivity contribution in [2.75, 3.05) is 19.0 Å². The average Bonchev–Trinajstić information content (AvgIpc) is 2.36. The standard InChI is InChI=1S/C13H16ClF2N/c14-8-10-4-6-17(7-5-10)9-11-2-1-3-12(15)13(11)16/h1-3,10H,4-9H2. The molecule has 0 radical (unpaired) electrons. The monoisotopic (exact) mass is 259 g/mol. The summed E-state index contributed by atoms with van der Waals surface area (Å²) >= 11 is 5.81. The van der Waals surface area contributed by atoms with Gasteiger partial charge in [0.25, 0.3) is 0 Å². The second-order valence-corrected chi connectivity index (χ2v) is 4.90. The molecular weight excluding hydrogens is 244 g/mol. The first-order chi connectivity index (χ1) is 8.20. The van der Waals surface area contributed by atoms with Crippen LogP contribution in [0, 0.1) is 17.6 Å². The Morgan fingerprint density at radius 2 is 1.94 bits per heavy atom. The van der Waals surface area contributed by atoms with Gasteiger partial charge in [0.05, 0.1) is 0 Å². The van der Waals surface area contributed by atoms with E-state index in [4.69, 9.17) is 11.6 Å². The average molecular weight is 260 g/mol. The van der Waals surface area contributed by atoms with Crippen molar-refractivity contribution in [3.05, 3.63) is 35.4 Å². The summed E-state index contributed by atoms with van der Waals surface area (Å²) in [5.41, 5.74) is 0.439. The van der Waals surface area contributed by atoms with Crippen molar-refractivity contribution in [3.63, 3.8) is 0 Å². The van der Waals surface area contributed by atoms with E-state index in [9.17, 15) is 8.78 Å². The highest BCUT2D eigenvalue weighted by Crippen LogP contribution is 2.21. The molecule has 1 saturated heterocycles. The van der Waals surface area contributed by atoms with E-state index >= 15 is 0 Å². The minimum absolute atomic E-state index is 0.439. The van der Waals surface area contributed by atoms with E-state index in [1.54, 1.807) is 12.1 Å². The Hall–Kier alpha value is -0.670. The van der Waals surface area contributed by atoms with Gasteiger partial charge in [0.1, 0.15) is 0 Å². The number of halogens is 3. The van der Waals surface area contributed by atoms with E-state index < -0.39 is 11.6 Å². The van der Waals surface area contributed by atoms with E-state index in [1.165, 1.54) is 0 Å². The fourth-order valence-electron chi connectivity index (χ4n) is 2.21. The molecule has 1 heterocycles. The SMILES string of the molecule is Fc1cccc(CN2CCC(CCl)CC2)c1F. The Bertz CT molecular complexity index is 376. The molecule has 0 amide bonds. The number of piperidine rings is 1. The minimum Gasteiger partial charge on any atom is -0.299 e. The third-order valence-electron chi connectivity index (χ3n) is 3.35. The summed E-state index contributed by atoms with van der Waals surface area (Å²) in [5, 5.41) is 0. The molecule has 0 unspecified atom stereocenters. The summed E-state index contributed by atoms with van der Waals surface area (Å²) in [6.45, 7) is 2.30. The van der Waals surface area contributed by atoms with Gasteiger partial charge in [-0.05, 0) is 37.9 Å². The van der Waals surface area contributed by atoms with Gasteiger partial charge in [-0.3, -0.25) is 4.90 Å². The van der Waals surface area contributed by atoms with E-state index in [0.717, 1.165) is 32.0 Å². The number of hydrogen-bond donors (Lipinski definition) is 0. The molecule has 1 fully saturated rings. The first-order valence-corrected chi connectivity index (χ1v) is 6.45. The van der Waals surface area contributed by atoms with Crippen LogP contribution in [0.3, 0.4) is 0 Å². The minimum atomic E-state index is -0.766. The highest BCUT2D eigenvalue weighted by molar-refractivity contribution is 6.18. The van der Waals surface area contributed by atoms with Crippen LogP contribution in [0.5, 0.6) is 0 Å². The lowest BCUT2D eigenvalue weighted by atomic mass is 9.98. The second-order valence-electron chi connectivity index (χ2n) is 4.59. The third-order valence-corrected chi connectivity index (χ3v) is 3.79. The number of alkyl halides is 1. The number of likely N-dealkylation sites (tertiary alicyclic amines) is 1. The van der Waals surface area contributed by atoms with Crippen LogP contribution in [0.2, 0.25) is 0 Å². The van der Waals surface area contributed by atoms with E-state index in [0.29, 0.717) is 23.9 Å². The van der Waals surface area contributed by atoms with Gasteiger partial charge >= 0.3 is 0 Å². The molecule has 94 valence electrons. The van der Waals surface area contributed by atoms with Crippen molar-refractivity contribution >= 4 is 11.6 Å². The first kappa shape index (κ1) is 12.8. The Kier molecular flexibility index (Phi) is 4.35. The maximum atomic E-state index is 13.5. The van der Waals surface area contributed by atoms with Crippen molar-refractivity contribution in [1.29, 1.82) is 0 Å². The Balaban J connectivity index is 1.95. The molecule has 1 aliphatic rings. The fraction of sp³-hybridized carbons (Fsp3) is 0.538. The van der Waals surface area contributed by atoms with Crippen molar-refractivity contribution in [2.45, 2.75) is 19.4 Å². The van der Waals surface area contributed by atoms with Gasteiger partial charge < -0.3 is 0 Å². The lowest BCUT2D eigenvalue weighted by Crippen LogP contribution is -2.34. The van der Waals surface area contributed by atoms with E-state index in [1.807, 2.05) is 0 Å². The number of rotatable bonds is 3. The van der Waals surface area contributed by atoms with Gasteiger partial charge in [-0.25, -0.2) is 8.78 Å². The summed E-state index contributed by atoms with van der Waals surface area (Å²) in [5.74, 6) is -0.210. The van der Waals surface area contributed by atoms with Gasteiger partial charge in [-0.15, -0.1) is 11.6 Å². The summed E-state index contributed by atoms with van der Waals surface area (Å²) in [4.78, 5) is 2.15. The summed E-state index contributed by atoms with van der Waals surface area (Å²) in [6, 6.07) is 4.35. The van der Waals surface area contributed by atoms with Crippen LogP contribution < -0.4 is 0 Å². The van der Waals surface area contributed by atoms with Gasteiger partial charge in [0.15, 0.2) is 11.6 Å². The van der Waals surface area contributed by atoms with E-state index in [-0.39, 0.29) is 0 Å². The molecule has 2 rings (SSSR count). The van der Waals surface area contributed by atoms with E-state index in [2.05, 4.69) is 4.90 Å². The van der Waals surface area contributed by atoms with Crippen molar-refractivity contribution in [3.8, 4) is 0 Å². The Morgan fingerprint density at radius 1 is 1.24 bits per heavy atom. The van der Waals surface area contributed by atoms with Crippen LogP contribution in [0.1, 0.15) is 18.4 Å². The molecule has 4 heteroatoms. The quantitative estimate of drug-likeness (QED) is 0.752. The topological polar surface area (TPSA) is 3.24 Å². The molecule has 0 atom stereocenters. The molecule has 17 heavy (non-hydrogen) atoms. The lowest BCUT2D eigenvalue weighted by molar-refractivity contribution is 0.184. The van der Waals surface area contributed by atoms with Crippen LogP contribution in [-0.4, -0.2) is 23.9 Å². The predicted octanol–water partition coefficient (Wildman–Crippen LogP) is 3.42. The molecule has 0 aliphatic carbocycles. The second kappa shape index (κ2) is 5.78. The van der Waals surface area contributed by atoms with Crippen LogP contribution >= 0.6 is 11.6 Å². The largest absolute Gasteiger partial charge is 0.299 e. The zero-order chi connectivity index (χ0) is 12.3. The maximum absolute atomic E-state index is 13.5. The highest BCUT2D eigenvalue weighted by Gasteiger charge is 2.19. The smallest absolute Gasteiger partial charge is 0.163 e. The van der Waals surface area contributed by atoms with Crippen LogP contribution in [-0.2, 0) is 6.54 Å². The van der Waals surface area contributed by atoms with Crippen molar-refractivity contribution in [1.82, 2.24) is 4.90 Å². The van der Waals surface area contributed by atoms with Crippen molar-refractivity contribution < 1.29 is 8.78 Å². The molecule has 0 bridgehead atoms. The Labute approximate surface area is 105 Å². The summed E-state index contributed by atoms with van der Waals surface area (Å²) in [7, 11) is 0. The molecule has 1 aromatic carbocycles. The Morgan fingerprint density at radius 3 is 2.59 bits per heavy atom. The normalized spacial score (nSPS) is 18.5. The fourth-order valence-corrected chi connectivity index (χ4v) is 2.52. The molecule has 1 aliphatic heterocycles. The summed E-state index contributed by atoms with van der Waals surface area (Å²) < 4.78 is 26.5. The van der Waals surface area contributed by atoms with Gasteiger partial charge in [-0.2, -0.15) is 0 Å². The zero-order valence-electron chi connectivity index (χ0n) is 9.63. The molecule has 0 saturated carbocycles. The van der Waals surface area contributed by atoms with Gasteiger partial charge in [0.2, 0.25) is 0 Å². The van der Waals surface area contributed by atoms with Crippen LogP contribution in [0.15, 0.2) is 18.2 Å². The number of nitrogens with zero attached hydrogens (tertiary/aromatic N) is 1. The highest BCUT2D eigenvalue weighted by atomic mass is 35.5. The zero-order valence-corrected chi connectivity index (χ0v) is 10.4. The van der Waals surface area contributed by atoms with Crippen LogP contribution in [0.25, 0.3) is 0 Å². The molecule has 0 spiro atoms. The molecular formula is C13H16ClF2N. The van der Waals surface area contributed by atoms with Gasteiger partial charge in [0, 0.05) is 18.0 Å². The number of hydrogen-bond acceptors (Lipinski definition) is 1. The summed E-state index contributed by atoms with van der Waals surface area (Å²) in [6.07, 6.45) is 2.08. The van der Waals surface area contributed by atoms with Crippen molar-refractivity contribution in [2.24, 2.45) is 5.92 Å².